The highest BCUT2D eigenvalue weighted by Gasteiger charge is 2.28. The van der Waals surface area contributed by atoms with Crippen molar-refractivity contribution >= 4 is 18.3 Å². The van der Waals surface area contributed by atoms with Gasteiger partial charge in [-0.25, -0.2) is 0 Å². The van der Waals surface area contributed by atoms with E-state index in [0.29, 0.717) is 18.7 Å². The molecule has 0 radical (unpaired) electrons. The number of likely N-dealkylation sites (tertiary alicyclic amines) is 1. The van der Waals surface area contributed by atoms with Crippen molar-refractivity contribution in [2.75, 3.05) is 19.7 Å². The summed E-state index contributed by atoms with van der Waals surface area (Å²) in [6.07, 6.45) is 3.73. The Bertz CT molecular complexity index is 448. The zero-order valence-electron chi connectivity index (χ0n) is 11.5. The van der Waals surface area contributed by atoms with Crippen molar-refractivity contribution in [3.63, 3.8) is 0 Å². The number of halogens is 1. The summed E-state index contributed by atoms with van der Waals surface area (Å²) in [6, 6.07) is 7.40. The van der Waals surface area contributed by atoms with Crippen LogP contribution in [0.3, 0.4) is 0 Å². The molecule has 2 rings (SSSR count). The summed E-state index contributed by atoms with van der Waals surface area (Å²) in [5, 5.41) is 0. The molecular formula is C15H21ClN2O2. The van der Waals surface area contributed by atoms with Gasteiger partial charge in [-0.05, 0) is 37.1 Å². The van der Waals surface area contributed by atoms with Crippen molar-refractivity contribution < 1.29 is 9.53 Å². The Hall–Kier alpha value is -1.52. The maximum atomic E-state index is 12.4. The minimum Gasteiger partial charge on any atom is -0.490 e. The van der Waals surface area contributed by atoms with E-state index < -0.39 is 0 Å². The minimum absolute atomic E-state index is 0. The van der Waals surface area contributed by atoms with Crippen LogP contribution in [0.5, 0.6) is 5.75 Å². The van der Waals surface area contributed by atoms with E-state index in [1.165, 1.54) is 0 Å². The van der Waals surface area contributed by atoms with E-state index in [-0.39, 0.29) is 24.4 Å². The fourth-order valence-corrected chi connectivity index (χ4v) is 2.36. The lowest BCUT2D eigenvalue weighted by molar-refractivity contribution is 0.0741. The van der Waals surface area contributed by atoms with E-state index in [1.54, 1.807) is 18.2 Å². The fourth-order valence-electron chi connectivity index (χ4n) is 2.36. The predicted octanol–water partition coefficient (Wildman–Crippen LogP) is 2.24. The highest BCUT2D eigenvalue weighted by Crippen LogP contribution is 2.20. The lowest BCUT2D eigenvalue weighted by Gasteiger charge is -2.23. The molecule has 4 nitrogen and oxygen atoms in total. The van der Waals surface area contributed by atoms with Crippen molar-refractivity contribution in [3.8, 4) is 5.75 Å². The Balaban J connectivity index is 0.00000200. The molecule has 20 heavy (non-hydrogen) atoms. The number of carbonyl (C=O) groups excluding carboxylic acids is 1. The molecule has 1 aliphatic heterocycles. The summed E-state index contributed by atoms with van der Waals surface area (Å²) >= 11 is 0. The van der Waals surface area contributed by atoms with Crippen molar-refractivity contribution in [2.45, 2.75) is 18.9 Å². The molecule has 1 heterocycles. The third-order valence-electron chi connectivity index (χ3n) is 3.38. The van der Waals surface area contributed by atoms with Gasteiger partial charge in [-0.2, -0.15) is 0 Å². The quantitative estimate of drug-likeness (QED) is 0.848. The number of rotatable bonds is 5. The van der Waals surface area contributed by atoms with Crippen LogP contribution in [0, 0.1) is 0 Å². The van der Waals surface area contributed by atoms with Crippen LogP contribution in [-0.2, 0) is 0 Å². The second-order valence-corrected chi connectivity index (χ2v) is 4.65. The summed E-state index contributed by atoms with van der Waals surface area (Å²) in [6.45, 7) is 5.40. The normalized spacial score (nSPS) is 17.4. The molecule has 0 aromatic heterocycles. The van der Waals surface area contributed by atoms with Gasteiger partial charge >= 0.3 is 0 Å². The fraction of sp³-hybridized carbons (Fsp3) is 0.400. The Morgan fingerprint density at radius 1 is 1.45 bits per heavy atom. The zero-order chi connectivity index (χ0) is 13.7. The van der Waals surface area contributed by atoms with Gasteiger partial charge in [0.2, 0.25) is 0 Å². The maximum absolute atomic E-state index is 12.4. The van der Waals surface area contributed by atoms with E-state index in [1.807, 2.05) is 17.0 Å². The van der Waals surface area contributed by atoms with Crippen LogP contribution in [-0.4, -0.2) is 36.5 Å². The van der Waals surface area contributed by atoms with Crippen molar-refractivity contribution in [3.05, 3.63) is 42.5 Å². The molecule has 5 heteroatoms. The molecule has 0 saturated carbocycles. The van der Waals surface area contributed by atoms with Gasteiger partial charge in [0.15, 0.2) is 0 Å². The van der Waals surface area contributed by atoms with E-state index in [9.17, 15) is 4.79 Å². The Morgan fingerprint density at radius 2 is 2.15 bits per heavy atom. The van der Waals surface area contributed by atoms with Crippen molar-refractivity contribution in [1.29, 1.82) is 0 Å². The second-order valence-electron chi connectivity index (χ2n) is 4.65. The highest BCUT2D eigenvalue weighted by atomic mass is 35.5. The first kappa shape index (κ1) is 16.5. The molecule has 1 aliphatic rings. The Morgan fingerprint density at radius 3 is 2.75 bits per heavy atom. The standard InChI is InChI=1S/C15H20N2O2.ClH/c1-2-10-19-14-7-5-12(6-8-14)15(18)17-9-3-4-13(17)11-16;/h2,5-8,13H,1,3-4,9-11,16H2;1H. The van der Waals surface area contributed by atoms with Gasteiger partial charge in [0.1, 0.15) is 12.4 Å². The van der Waals surface area contributed by atoms with E-state index in [4.69, 9.17) is 10.5 Å². The molecule has 0 bridgehead atoms. The minimum atomic E-state index is 0. The van der Waals surface area contributed by atoms with Crippen LogP contribution in [0.15, 0.2) is 36.9 Å². The smallest absolute Gasteiger partial charge is 0.254 e. The van der Waals surface area contributed by atoms with Gasteiger partial charge in [0, 0.05) is 24.7 Å². The van der Waals surface area contributed by atoms with E-state index in [2.05, 4.69) is 6.58 Å². The summed E-state index contributed by atoms with van der Waals surface area (Å²) in [5.41, 5.74) is 6.38. The molecule has 1 aromatic carbocycles. The van der Waals surface area contributed by atoms with Crippen LogP contribution >= 0.6 is 12.4 Å². The number of carbonyl (C=O) groups is 1. The number of hydrogen-bond donors (Lipinski definition) is 1. The molecule has 2 N–H and O–H groups in total. The number of nitrogens with zero attached hydrogens (tertiary/aromatic N) is 1. The van der Waals surface area contributed by atoms with Gasteiger partial charge in [0.05, 0.1) is 0 Å². The summed E-state index contributed by atoms with van der Waals surface area (Å²) in [4.78, 5) is 14.2. The Kier molecular flexibility index (Phi) is 6.55. The predicted molar refractivity (Wildman–Crippen MR) is 82.5 cm³/mol. The van der Waals surface area contributed by atoms with Gasteiger partial charge in [-0.15, -0.1) is 12.4 Å². The molecule has 0 aliphatic carbocycles. The third kappa shape index (κ3) is 3.74. The number of ether oxygens (including phenoxy) is 1. The average Bonchev–Trinajstić information content (AvgIpc) is 2.93. The van der Waals surface area contributed by atoms with E-state index in [0.717, 1.165) is 25.1 Å². The first-order chi connectivity index (χ1) is 9.26. The zero-order valence-corrected chi connectivity index (χ0v) is 12.3. The largest absolute Gasteiger partial charge is 0.490 e. The SMILES string of the molecule is C=CCOc1ccc(C(=O)N2CCCC2CN)cc1.Cl. The summed E-state index contributed by atoms with van der Waals surface area (Å²) in [7, 11) is 0. The molecule has 1 fully saturated rings. The molecule has 0 spiro atoms. The highest BCUT2D eigenvalue weighted by molar-refractivity contribution is 5.94. The topological polar surface area (TPSA) is 55.6 Å². The second kappa shape index (κ2) is 7.92. The molecule has 110 valence electrons. The van der Waals surface area contributed by atoms with Crippen LogP contribution in [0.1, 0.15) is 23.2 Å². The van der Waals surface area contributed by atoms with Crippen LogP contribution in [0.4, 0.5) is 0 Å². The first-order valence-electron chi connectivity index (χ1n) is 6.61. The third-order valence-corrected chi connectivity index (χ3v) is 3.38. The molecule has 1 atom stereocenters. The molecule has 1 saturated heterocycles. The molecule has 1 aromatic rings. The lowest BCUT2D eigenvalue weighted by Crippen LogP contribution is -2.39. The molecule has 1 unspecified atom stereocenters. The molecule has 1 amide bonds. The van der Waals surface area contributed by atoms with Crippen molar-refractivity contribution in [1.82, 2.24) is 4.90 Å². The summed E-state index contributed by atoms with van der Waals surface area (Å²) in [5.74, 6) is 0.802. The van der Waals surface area contributed by atoms with Crippen LogP contribution < -0.4 is 10.5 Å². The number of nitrogens with two attached hydrogens (primary N) is 1. The average molecular weight is 297 g/mol. The molecular weight excluding hydrogens is 276 g/mol. The van der Waals surface area contributed by atoms with Crippen LogP contribution in [0.2, 0.25) is 0 Å². The lowest BCUT2D eigenvalue weighted by atomic mass is 10.1. The number of amides is 1. The van der Waals surface area contributed by atoms with E-state index >= 15 is 0 Å². The van der Waals surface area contributed by atoms with Gasteiger partial charge < -0.3 is 15.4 Å². The van der Waals surface area contributed by atoms with Crippen molar-refractivity contribution in [2.24, 2.45) is 5.73 Å². The Labute approximate surface area is 126 Å². The van der Waals surface area contributed by atoms with Gasteiger partial charge in [0.25, 0.3) is 5.91 Å². The van der Waals surface area contributed by atoms with Gasteiger partial charge in [-0.3, -0.25) is 4.79 Å². The van der Waals surface area contributed by atoms with Crippen LogP contribution in [0.25, 0.3) is 0 Å². The summed E-state index contributed by atoms with van der Waals surface area (Å²) < 4.78 is 5.39. The first-order valence-corrected chi connectivity index (χ1v) is 6.61. The maximum Gasteiger partial charge on any atom is 0.254 e. The van der Waals surface area contributed by atoms with Gasteiger partial charge in [-0.1, -0.05) is 12.7 Å². The monoisotopic (exact) mass is 296 g/mol. The number of benzene rings is 1. The number of hydrogen-bond acceptors (Lipinski definition) is 3.